The number of anilines is 1. The van der Waals surface area contributed by atoms with Crippen LogP contribution in [-0.2, 0) is 4.74 Å². The summed E-state index contributed by atoms with van der Waals surface area (Å²) in [5, 5.41) is 4.92. The Kier molecular flexibility index (Phi) is 5.71. The van der Waals surface area contributed by atoms with Gasteiger partial charge in [-0.2, -0.15) is 10.1 Å². The van der Waals surface area contributed by atoms with Gasteiger partial charge in [0, 0.05) is 40.9 Å². The van der Waals surface area contributed by atoms with Crippen LogP contribution >= 0.6 is 0 Å². The lowest BCUT2D eigenvalue weighted by Gasteiger charge is -2.36. The molecule has 37 heavy (non-hydrogen) atoms. The van der Waals surface area contributed by atoms with E-state index >= 15 is 0 Å². The van der Waals surface area contributed by atoms with Gasteiger partial charge in [0.25, 0.3) is 0 Å². The van der Waals surface area contributed by atoms with Crippen LogP contribution in [0.25, 0.3) is 22.3 Å². The van der Waals surface area contributed by atoms with Crippen molar-refractivity contribution in [3.63, 3.8) is 0 Å². The fraction of sp³-hybridized carbons (Fsp3) is 0.370. The highest BCUT2D eigenvalue weighted by Crippen LogP contribution is 2.36. The number of hydrogen-bond donors (Lipinski definition) is 0. The lowest BCUT2D eigenvalue weighted by Crippen LogP contribution is -2.43. The first-order chi connectivity index (χ1) is 17.8. The number of carbonyl (C=O) groups excluding carboxylic acids is 1. The zero-order valence-electron chi connectivity index (χ0n) is 20.8. The van der Waals surface area contributed by atoms with Crippen LogP contribution in [0.1, 0.15) is 60.5 Å². The maximum absolute atomic E-state index is 15.0. The number of ketones is 1. The van der Waals surface area contributed by atoms with E-state index in [0.29, 0.717) is 47.4 Å². The van der Waals surface area contributed by atoms with E-state index in [9.17, 15) is 13.6 Å². The molecule has 2 fully saturated rings. The number of aryl methyl sites for hydroxylation is 1. The van der Waals surface area contributed by atoms with Crippen LogP contribution in [0.3, 0.4) is 0 Å². The first-order valence-electron chi connectivity index (χ1n) is 12.4. The van der Waals surface area contributed by atoms with Crippen LogP contribution in [0.4, 0.5) is 14.7 Å². The van der Waals surface area contributed by atoms with Crippen LogP contribution in [0.15, 0.2) is 36.7 Å². The smallest absolute Gasteiger partial charge is 0.228 e. The number of pyridine rings is 1. The number of aromatic nitrogens is 5. The molecule has 1 aliphatic carbocycles. The Hall–Kier alpha value is -3.79. The van der Waals surface area contributed by atoms with Gasteiger partial charge in [0.2, 0.25) is 5.95 Å². The van der Waals surface area contributed by atoms with Crippen molar-refractivity contribution in [2.45, 2.75) is 51.9 Å². The minimum Gasteiger partial charge on any atom is -0.367 e. The van der Waals surface area contributed by atoms with Crippen molar-refractivity contribution < 1.29 is 18.3 Å². The van der Waals surface area contributed by atoms with Gasteiger partial charge in [0.1, 0.15) is 17.7 Å². The third-order valence-electron chi connectivity index (χ3n) is 6.89. The van der Waals surface area contributed by atoms with Gasteiger partial charge in [-0.05, 0) is 51.8 Å². The van der Waals surface area contributed by atoms with E-state index in [1.165, 1.54) is 19.1 Å². The maximum atomic E-state index is 15.0. The summed E-state index contributed by atoms with van der Waals surface area (Å²) in [5.41, 5.74) is 2.61. The first-order valence-corrected chi connectivity index (χ1v) is 12.4. The van der Waals surface area contributed by atoms with Crippen molar-refractivity contribution in [2.24, 2.45) is 0 Å². The number of nitrogens with zero attached hydrogens (tertiary/aromatic N) is 6. The summed E-state index contributed by atoms with van der Waals surface area (Å²) in [6.07, 6.45) is 5.79. The van der Waals surface area contributed by atoms with Crippen LogP contribution in [0, 0.1) is 18.6 Å². The standard InChI is InChI=1S/C27H26F2N6O2/c1-14-11-34(13-24(37-14)17-10-30-35(12-17)19-5-6-19)27-32-25(20-7-4-18(28)8-23(20)29)22-9-21(16(3)36)15(2)31-26(22)33-27/h4,7-10,12,14,19,24H,5-6,11,13H2,1-3H3. The Morgan fingerprint density at radius 2 is 1.92 bits per heavy atom. The molecule has 190 valence electrons. The maximum Gasteiger partial charge on any atom is 0.228 e. The molecule has 1 saturated heterocycles. The van der Waals surface area contributed by atoms with E-state index in [1.807, 2.05) is 28.9 Å². The van der Waals surface area contributed by atoms with E-state index in [4.69, 9.17) is 14.7 Å². The molecule has 0 radical (unpaired) electrons. The Morgan fingerprint density at radius 3 is 2.65 bits per heavy atom. The van der Waals surface area contributed by atoms with E-state index in [-0.39, 0.29) is 29.2 Å². The molecule has 0 bridgehead atoms. The summed E-state index contributed by atoms with van der Waals surface area (Å²) in [5.74, 6) is -1.24. The number of hydrogen-bond acceptors (Lipinski definition) is 7. The average molecular weight is 505 g/mol. The predicted molar refractivity (Wildman–Crippen MR) is 133 cm³/mol. The third-order valence-corrected chi connectivity index (χ3v) is 6.89. The molecule has 4 heterocycles. The monoisotopic (exact) mass is 504 g/mol. The van der Waals surface area contributed by atoms with E-state index < -0.39 is 11.6 Å². The molecule has 10 heteroatoms. The molecule has 0 amide bonds. The molecule has 2 atom stereocenters. The summed E-state index contributed by atoms with van der Waals surface area (Å²) >= 11 is 0. The summed E-state index contributed by atoms with van der Waals surface area (Å²) in [6.45, 7) is 6.16. The number of halogens is 2. The van der Waals surface area contributed by atoms with E-state index in [2.05, 4.69) is 10.1 Å². The highest BCUT2D eigenvalue weighted by molar-refractivity contribution is 6.01. The van der Waals surface area contributed by atoms with Crippen LogP contribution in [0.2, 0.25) is 0 Å². The van der Waals surface area contributed by atoms with Crippen molar-refractivity contribution >= 4 is 22.8 Å². The number of fused-ring (bicyclic) bond motifs is 1. The molecule has 8 nitrogen and oxygen atoms in total. The molecule has 2 unspecified atom stereocenters. The van der Waals surface area contributed by atoms with Crippen molar-refractivity contribution in [1.29, 1.82) is 0 Å². The fourth-order valence-electron chi connectivity index (χ4n) is 4.87. The molecule has 0 N–H and O–H groups in total. The Labute approximate surface area is 212 Å². The van der Waals surface area contributed by atoms with Crippen LogP contribution < -0.4 is 4.90 Å². The summed E-state index contributed by atoms with van der Waals surface area (Å²) in [4.78, 5) is 28.2. The van der Waals surface area contributed by atoms with Gasteiger partial charge in [0.05, 0.1) is 36.3 Å². The molecule has 3 aromatic heterocycles. The quantitative estimate of drug-likeness (QED) is 0.355. The van der Waals surface area contributed by atoms with Gasteiger partial charge in [0.15, 0.2) is 11.4 Å². The van der Waals surface area contributed by atoms with Gasteiger partial charge in [-0.25, -0.2) is 18.7 Å². The second kappa shape index (κ2) is 8.95. The second-order valence-electron chi connectivity index (χ2n) is 9.87. The van der Waals surface area contributed by atoms with Crippen LogP contribution in [-0.4, -0.2) is 49.7 Å². The summed E-state index contributed by atoms with van der Waals surface area (Å²) < 4.78 is 36.9. The Balaban J connectivity index is 1.45. The SMILES string of the molecule is CC(=O)c1cc2c(-c3ccc(F)cc3F)nc(N3CC(C)OC(c4cnn(C5CC5)c4)C3)nc2nc1C. The fourth-order valence-corrected chi connectivity index (χ4v) is 4.87. The number of rotatable bonds is 5. The topological polar surface area (TPSA) is 86.0 Å². The molecule has 4 aromatic rings. The number of benzene rings is 1. The Bertz CT molecular complexity index is 1530. The van der Waals surface area contributed by atoms with E-state index in [1.54, 1.807) is 13.0 Å². The minimum atomic E-state index is -0.753. The first kappa shape index (κ1) is 23.6. The van der Waals surface area contributed by atoms with Gasteiger partial charge in [-0.15, -0.1) is 0 Å². The molecular formula is C27H26F2N6O2. The second-order valence-corrected chi connectivity index (χ2v) is 9.87. The Morgan fingerprint density at radius 1 is 1.11 bits per heavy atom. The molecular weight excluding hydrogens is 478 g/mol. The van der Waals surface area contributed by atoms with Gasteiger partial charge >= 0.3 is 0 Å². The zero-order valence-corrected chi connectivity index (χ0v) is 20.8. The number of Topliss-reactive ketones (excluding diaryl/α,β-unsaturated/α-hetero) is 1. The average Bonchev–Trinajstić information content (AvgIpc) is 3.58. The number of ether oxygens (including phenoxy) is 1. The molecule has 2 aliphatic rings. The minimum absolute atomic E-state index is 0.110. The largest absolute Gasteiger partial charge is 0.367 e. The zero-order chi connectivity index (χ0) is 25.8. The highest BCUT2D eigenvalue weighted by atomic mass is 19.1. The lowest BCUT2D eigenvalue weighted by atomic mass is 10.0. The molecule has 0 spiro atoms. The van der Waals surface area contributed by atoms with Gasteiger partial charge in [-0.1, -0.05) is 0 Å². The summed E-state index contributed by atoms with van der Waals surface area (Å²) in [7, 11) is 0. The normalized spacial score (nSPS) is 20.0. The number of morpholine rings is 1. The van der Waals surface area contributed by atoms with Crippen molar-refractivity contribution in [3.8, 4) is 11.3 Å². The van der Waals surface area contributed by atoms with Crippen molar-refractivity contribution in [1.82, 2.24) is 24.7 Å². The van der Waals surface area contributed by atoms with Crippen molar-refractivity contribution in [2.75, 3.05) is 18.0 Å². The number of carbonyl (C=O) groups is 1. The van der Waals surface area contributed by atoms with Gasteiger partial charge in [-0.3, -0.25) is 9.48 Å². The lowest BCUT2D eigenvalue weighted by molar-refractivity contribution is -0.0178. The molecule has 1 saturated carbocycles. The molecule has 6 rings (SSSR count). The predicted octanol–water partition coefficient (Wildman–Crippen LogP) is 4.98. The highest BCUT2D eigenvalue weighted by Gasteiger charge is 2.32. The third kappa shape index (κ3) is 4.46. The van der Waals surface area contributed by atoms with Crippen molar-refractivity contribution in [3.05, 3.63) is 65.1 Å². The van der Waals surface area contributed by atoms with E-state index in [0.717, 1.165) is 24.5 Å². The summed E-state index contributed by atoms with van der Waals surface area (Å²) in [6, 6.07) is 5.46. The van der Waals surface area contributed by atoms with Gasteiger partial charge < -0.3 is 9.64 Å². The van der Waals surface area contributed by atoms with Crippen LogP contribution in [0.5, 0.6) is 0 Å². The molecule has 1 aromatic carbocycles. The molecule has 1 aliphatic heterocycles.